The summed E-state index contributed by atoms with van der Waals surface area (Å²) in [5.74, 6) is -1.18. The van der Waals surface area contributed by atoms with Crippen LogP contribution in [0.3, 0.4) is 0 Å². The molecule has 0 N–H and O–H groups in total. The number of aryl methyl sites for hydroxylation is 1. The van der Waals surface area contributed by atoms with E-state index in [2.05, 4.69) is 0 Å². The molecule has 2 atom stereocenters. The lowest BCUT2D eigenvalue weighted by Gasteiger charge is -2.38. The van der Waals surface area contributed by atoms with Crippen LogP contribution in [0.2, 0.25) is 0 Å². The van der Waals surface area contributed by atoms with Crippen molar-refractivity contribution in [3.63, 3.8) is 0 Å². The van der Waals surface area contributed by atoms with Gasteiger partial charge in [-0.2, -0.15) is 0 Å². The van der Waals surface area contributed by atoms with E-state index in [4.69, 9.17) is 9.15 Å². The summed E-state index contributed by atoms with van der Waals surface area (Å²) in [4.78, 5) is 38.1. The number of esters is 1. The quantitative estimate of drug-likeness (QED) is 0.764. The highest BCUT2D eigenvalue weighted by molar-refractivity contribution is 5.81. The molecular formula is C19H24N2O5. The fourth-order valence-corrected chi connectivity index (χ4v) is 3.63. The number of fused-ring (bicyclic) bond motifs is 1. The van der Waals surface area contributed by atoms with Crippen molar-refractivity contribution in [1.82, 2.24) is 9.47 Å². The van der Waals surface area contributed by atoms with Gasteiger partial charge in [0, 0.05) is 18.6 Å². The van der Waals surface area contributed by atoms with Gasteiger partial charge in [-0.3, -0.25) is 14.2 Å². The van der Waals surface area contributed by atoms with Crippen LogP contribution in [0.4, 0.5) is 0 Å². The molecule has 0 unspecified atom stereocenters. The zero-order valence-electron chi connectivity index (χ0n) is 15.1. The maximum Gasteiger partial charge on any atom is 0.419 e. The highest BCUT2D eigenvalue weighted by Gasteiger charge is 2.29. The number of carbonyl (C=O) groups is 2. The Morgan fingerprint density at radius 1 is 1.19 bits per heavy atom. The number of hydrogen-bond donors (Lipinski definition) is 0. The molecule has 1 aromatic carbocycles. The van der Waals surface area contributed by atoms with Crippen LogP contribution in [0.25, 0.3) is 11.1 Å². The lowest BCUT2D eigenvalue weighted by atomic mass is 9.97. The van der Waals surface area contributed by atoms with Crippen molar-refractivity contribution in [3.8, 4) is 0 Å². The Kier molecular flexibility index (Phi) is 5.44. The Morgan fingerprint density at radius 2 is 1.88 bits per heavy atom. The van der Waals surface area contributed by atoms with Gasteiger partial charge in [-0.1, -0.05) is 12.1 Å². The first kappa shape index (κ1) is 18.2. The molecule has 1 aromatic heterocycles. The van der Waals surface area contributed by atoms with Gasteiger partial charge in [-0.05, 0) is 45.2 Å². The summed E-state index contributed by atoms with van der Waals surface area (Å²) in [6, 6.07) is 7.37. The number of carbonyl (C=O) groups excluding carboxylic acids is 2. The fraction of sp³-hybridized carbons (Fsp3) is 0.526. The summed E-state index contributed by atoms with van der Waals surface area (Å²) in [7, 11) is 0. The molecule has 1 fully saturated rings. The van der Waals surface area contributed by atoms with Crippen LogP contribution >= 0.6 is 0 Å². The number of piperidine rings is 1. The number of aromatic nitrogens is 1. The van der Waals surface area contributed by atoms with E-state index >= 15 is 0 Å². The number of likely N-dealkylation sites (tertiary alicyclic amines) is 1. The van der Waals surface area contributed by atoms with E-state index in [-0.39, 0.29) is 37.6 Å². The van der Waals surface area contributed by atoms with Gasteiger partial charge in [0.15, 0.2) is 12.2 Å². The average Bonchev–Trinajstić information content (AvgIpc) is 2.93. The van der Waals surface area contributed by atoms with E-state index < -0.39 is 11.7 Å². The SMILES string of the molecule is C[C@H]1CCC[C@H](C)N1C(=O)COC(=O)CCn1c(=O)oc2ccccc21. The molecule has 2 heterocycles. The van der Waals surface area contributed by atoms with Gasteiger partial charge in [0.25, 0.3) is 5.91 Å². The van der Waals surface area contributed by atoms with Crippen LogP contribution in [0.15, 0.2) is 33.5 Å². The third kappa shape index (κ3) is 3.81. The Morgan fingerprint density at radius 3 is 2.62 bits per heavy atom. The zero-order chi connectivity index (χ0) is 18.7. The van der Waals surface area contributed by atoms with E-state index in [1.807, 2.05) is 18.7 Å². The van der Waals surface area contributed by atoms with Crippen molar-refractivity contribution in [1.29, 1.82) is 0 Å². The summed E-state index contributed by atoms with van der Waals surface area (Å²) in [5.41, 5.74) is 1.12. The van der Waals surface area contributed by atoms with Gasteiger partial charge in [-0.25, -0.2) is 4.79 Å². The Balaban J connectivity index is 1.53. The number of hydrogen-bond acceptors (Lipinski definition) is 5. The average molecular weight is 360 g/mol. The second-order valence-corrected chi connectivity index (χ2v) is 6.83. The number of rotatable bonds is 5. The predicted molar refractivity (Wildman–Crippen MR) is 95.7 cm³/mol. The third-order valence-electron chi connectivity index (χ3n) is 4.95. The van der Waals surface area contributed by atoms with Crippen LogP contribution < -0.4 is 5.76 Å². The predicted octanol–water partition coefficient (Wildman–Crippen LogP) is 2.32. The van der Waals surface area contributed by atoms with Crippen LogP contribution in [0.5, 0.6) is 0 Å². The van der Waals surface area contributed by atoms with Crippen molar-refractivity contribution in [2.24, 2.45) is 0 Å². The Bertz CT molecular complexity index is 843. The van der Waals surface area contributed by atoms with E-state index in [1.54, 1.807) is 24.3 Å². The fourth-order valence-electron chi connectivity index (χ4n) is 3.63. The molecule has 1 aliphatic rings. The molecule has 7 heteroatoms. The third-order valence-corrected chi connectivity index (χ3v) is 4.95. The van der Waals surface area contributed by atoms with E-state index in [0.717, 1.165) is 19.3 Å². The molecule has 2 aromatic rings. The molecule has 1 saturated heterocycles. The lowest BCUT2D eigenvalue weighted by Crippen LogP contribution is -2.49. The Hall–Kier alpha value is -2.57. The second-order valence-electron chi connectivity index (χ2n) is 6.83. The molecule has 0 aliphatic carbocycles. The van der Waals surface area contributed by atoms with E-state index in [1.165, 1.54) is 4.57 Å². The van der Waals surface area contributed by atoms with E-state index in [0.29, 0.717) is 11.1 Å². The van der Waals surface area contributed by atoms with Crippen molar-refractivity contribution in [3.05, 3.63) is 34.8 Å². The summed E-state index contributed by atoms with van der Waals surface area (Å²) >= 11 is 0. The van der Waals surface area contributed by atoms with Gasteiger partial charge in [0.2, 0.25) is 0 Å². The summed E-state index contributed by atoms with van der Waals surface area (Å²) in [6.07, 6.45) is 3.06. The summed E-state index contributed by atoms with van der Waals surface area (Å²) in [6.45, 7) is 3.94. The molecule has 0 saturated carbocycles. The smallest absolute Gasteiger partial charge is 0.419 e. The minimum Gasteiger partial charge on any atom is -0.456 e. The van der Waals surface area contributed by atoms with Crippen molar-refractivity contribution >= 4 is 23.0 Å². The van der Waals surface area contributed by atoms with Crippen molar-refractivity contribution < 1.29 is 18.7 Å². The number of amides is 1. The number of oxazole rings is 1. The maximum absolute atomic E-state index is 12.4. The summed E-state index contributed by atoms with van der Waals surface area (Å²) in [5, 5.41) is 0. The van der Waals surface area contributed by atoms with Gasteiger partial charge in [0.1, 0.15) is 0 Å². The molecule has 1 amide bonds. The molecular weight excluding hydrogens is 336 g/mol. The highest BCUT2D eigenvalue weighted by atomic mass is 16.5. The second kappa shape index (κ2) is 7.76. The minimum absolute atomic E-state index is 0.00181. The molecule has 0 radical (unpaired) electrons. The van der Waals surface area contributed by atoms with Crippen molar-refractivity contribution in [2.45, 2.75) is 58.2 Å². The first-order chi connectivity index (χ1) is 12.5. The molecule has 0 spiro atoms. The molecule has 26 heavy (non-hydrogen) atoms. The van der Waals surface area contributed by atoms with Gasteiger partial charge in [0.05, 0.1) is 11.9 Å². The topological polar surface area (TPSA) is 81.8 Å². The number of para-hydroxylation sites is 2. The monoisotopic (exact) mass is 360 g/mol. The summed E-state index contributed by atoms with van der Waals surface area (Å²) < 4.78 is 11.7. The van der Waals surface area contributed by atoms with Gasteiger partial charge in [-0.15, -0.1) is 0 Å². The maximum atomic E-state index is 12.4. The first-order valence-electron chi connectivity index (χ1n) is 9.02. The molecule has 0 bridgehead atoms. The van der Waals surface area contributed by atoms with Crippen LogP contribution in [-0.2, 0) is 20.9 Å². The molecule has 1 aliphatic heterocycles. The molecule has 3 rings (SSSR count). The first-order valence-corrected chi connectivity index (χ1v) is 9.02. The lowest BCUT2D eigenvalue weighted by molar-refractivity contribution is -0.155. The largest absolute Gasteiger partial charge is 0.456 e. The standard InChI is InChI=1S/C19H24N2O5/c1-13-6-5-7-14(2)21(13)17(22)12-25-18(23)10-11-20-15-8-3-4-9-16(15)26-19(20)24/h3-4,8-9,13-14H,5-7,10-12H2,1-2H3/t13-,14-/m0/s1. The Labute approximate surface area is 151 Å². The normalized spacial score (nSPS) is 20.3. The minimum atomic E-state index is -0.508. The van der Waals surface area contributed by atoms with Crippen LogP contribution in [0.1, 0.15) is 39.5 Å². The van der Waals surface area contributed by atoms with Gasteiger partial charge >= 0.3 is 11.7 Å². The van der Waals surface area contributed by atoms with E-state index in [9.17, 15) is 14.4 Å². The highest BCUT2D eigenvalue weighted by Crippen LogP contribution is 2.22. The van der Waals surface area contributed by atoms with Gasteiger partial charge < -0.3 is 14.1 Å². The van der Waals surface area contributed by atoms with Crippen molar-refractivity contribution in [2.75, 3.05) is 6.61 Å². The number of nitrogens with zero attached hydrogens (tertiary/aromatic N) is 2. The van der Waals surface area contributed by atoms with Crippen LogP contribution in [-0.4, -0.2) is 40.0 Å². The number of ether oxygens (including phenoxy) is 1. The van der Waals surface area contributed by atoms with Crippen LogP contribution in [0, 0.1) is 0 Å². The number of benzene rings is 1. The zero-order valence-corrected chi connectivity index (χ0v) is 15.1. The molecule has 7 nitrogen and oxygen atoms in total. The molecule has 140 valence electrons.